The number of rotatable bonds is 13. The minimum absolute atomic E-state index is 0.0387. The lowest BCUT2D eigenvalue weighted by molar-refractivity contribution is -0.146. The molecule has 4 N–H and O–H groups in total. The smallest absolute Gasteiger partial charge is 0.328 e. The third-order valence-electron chi connectivity index (χ3n) is 7.37. The van der Waals surface area contributed by atoms with E-state index in [4.69, 9.17) is 9.47 Å². The van der Waals surface area contributed by atoms with Gasteiger partial charge in [-0.1, -0.05) is 0 Å². The third-order valence-corrected chi connectivity index (χ3v) is 7.37. The molecule has 15 heteroatoms. The Balaban J connectivity index is 1.88. The number of H-pyrrole nitrogens is 1. The molecule has 2 heterocycles. The molecule has 3 rings (SSSR count). The molecule has 0 bridgehead atoms. The van der Waals surface area contributed by atoms with Crippen LogP contribution in [-0.2, 0) is 42.9 Å². The van der Waals surface area contributed by atoms with Crippen LogP contribution in [0.15, 0.2) is 18.2 Å². The molecular formula is C31H36N4O11. The van der Waals surface area contributed by atoms with Gasteiger partial charge in [-0.05, 0) is 56.5 Å². The number of fused-ring (bicyclic) bond motifs is 1. The quantitative estimate of drug-likeness (QED) is 0.140. The van der Waals surface area contributed by atoms with Gasteiger partial charge in [0.05, 0.1) is 39.6 Å². The molecule has 0 saturated heterocycles. The summed E-state index contributed by atoms with van der Waals surface area (Å²) in [6.07, 6.45) is 1.20. The van der Waals surface area contributed by atoms with Gasteiger partial charge in [-0.2, -0.15) is 0 Å². The lowest BCUT2D eigenvalue weighted by Crippen LogP contribution is -2.42. The Morgan fingerprint density at radius 3 is 1.87 bits per heavy atom. The molecule has 0 saturated carbocycles. The molecule has 0 unspecified atom stereocenters. The number of ether oxygens (including phenoxy) is 4. The van der Waals surface area contributed by atoms with Crippen molar-refractivity contribution in [1.82, 2.24) is 15.6 Å². The van der Waals surface area contributed by atoms with Crippen molar-refractivity contribution in [2.24, 2.45) is 0 Å². The summed E-state index contributed by atoms with van der Waals surface area (Å²) in [4.78, 5) is 90.1. The van der Waals surface area contributed by atoms with Crippen LogP contribution >= 0.6 is 0 Å². The van der Waals surface area contributed by atoms with Gasteiger partial charge in [0.15, 0.2) is 0 Å². The standard InChI is InChI=1S/C31H36N4O11/c1-15-23(32-16(2)26(15)29(40)35-22(31(42)46-6)10-12-25(37)44-4)14-19-18-13-17(7-8-20(18)33-28(19)39)27(38)34-21(30(41)45-5)9-11-24(36)43-3/h7-8,13-14,21-22,32H,9-12H2,1-6H3,(H,33,39)(H,34,38)(H,35,40)/b19-14-/t21-,22-/m1/s1. The van der Waals surface area contributed by atoms with Crippen LogP contribution < -0.4 is 16.0 Å². The largest absolute Gasteiger partial charge is 0.469 e. The van der Waals surface area contributed by atoms with Crippen molar-refractivity contribution in [3.8, 4) is 0 Å². The molecule has 246 valence electrons. The summed E-state index contributed by atoms with van der Waals surface area (Å²) in [5, 5.41) is 7.88. The van der Waals surface area contributed by atoms with Gasteiger partial charge in [0.25, 0.3) is 17.7 Å². The monoisotopic (exact) mass is 640 g/mol. The number of carbonyl (C=O) groups excluding carboxylic acids is 7. The average molecular weight is 641 g/mol. The van der Waals surface area contributed by atoms with Crippen molar-refractivity contribution in [3.63, 3.8) is 0 Å². The Bertz CT molecular complexity index is 1590. The van der Waals surface area contributed by atoms with Crippen molar-refractivity contribution in [2.75, 3.05) is 33.8 Å². The number of esters is 4. The SMILES string of the molecule is COC(=O)CC[C@@H](NC(=O)c1ccc2c(c1)/C(=C/c1[nH]c(C)c(C(=O)N[C@H](CCC(=O)OC)C(=O)OC)c1C)C(=O)N2)C(=O)OC. The first-order valence-electron chi connectivity index (χ1n) is 14.1. The summed E-state index contributed by atoms with van der Waals surface area (Å²) in [6, 6.07) is 2.26. The number of methoxy groups -OCH3 is 4. The van der Waals surface area contributed by atoms with Crippen LogP contribution in [0.2, 0.25) is 0 Å². The number of aromatic nitrogens is 1. The van der Waals surface area contributed by atoms with E-state index in [0.717, 1.165) is 7.11 Å². The minimum Gasteiger partial charge on any atom is -0.469 e. The van der Waals surface area contributed by atoms with E-state index in [1.54, 1.807) is 13.8 Å². The third kappa shape index (κ3) is 8.16. The van der Waals surface area contributed by atoms with Gasteiger partial charge in [-0.25, -0.2) is 9.59 Å². The maximum absolute atomic E-state index is 13.3. The normalized spacial score (nSPS) is 14.0. The van der Waals surface area contributed by atoms with E-state index in [9.17, 15) is 33.6 Å². The molecule has 0 spiro atoms. The van der Waals surface area contributed by atoms with E-state index in [0.29, 0.717) is 28.2 Å². The van der Waals surface area contributed by atoms with E-state index >= 15 is 0 Å². The van der Waals surface area contributed by atoms with Gasteiger partial charge in [0.1, 0.15) is 12.1 Å². The van der Waals surface area contributed by atoms with Crippen molar-refractivity contribution >= 4 is 58.9 Å². The van der Waals surface area contributed by atoms with Crippen molar-refractivity contribution in [1.29, 1.82) is 0 Å². The zero-order chi connectivity index (χ0) is 34.1. The Morgan fingerprint density at radius 2 is 1.35 bits per heavy atom. The lowest BCUT2D eigenvalue weighted by atomic mass is 10.0. The van der Waals surface area contributed by atoms with Gasteiger partial charge < -0.3 is 39.9 Å². The first-order chi connectivity index (χ1) is 21.8. The number of aromatic amines is 1. The second-order valence-corrected chi connectivity index (χ2v) is 10.3. The molecule has 15 nitrogen and oxygen atoms in total. The summed E-state index contributed by atoms with van der Waals surface area (Å²) >= 11 is 0. The number of anilines is 1. The topological polar surface area (TPSA) is 208 Å². The predicted molar refractivity (Wildman–Crippen MR) is 162 cm³/mol. The molecule has 46 heavy (non-hydrogen) atoms. The van der Waals surface area contributed by atoms with E-state index in [-0.39, 0.29) is 42.4 Å². The van der Waals surface area contributed by atoms with E-state index in [1.807, 2.05) is 0 Å². The molecule has 3 amide bonds. The summed E-state index contributed by atoms with van der Waals surface area (Å²) in [5.41, 5.74) is 2.74. The van der Waals surface area contributed by atoms with Crippen molar-refractivity contribution in [3.05, 3.63) is 51.8 Å². The second kappa shape index (κ2) is 15.5. The number of benzene rings is 1. The predicted octanol–water partition coefficient (Wildman–Crippen LogP) is 1.57. The maximum Gasteiger partial charge on any atom is 0.328 e. The first kappa shape index (κ1) is 35.0. The first-order valence-corrected chi connectivity index (χ1v) is 14.1. The lowest BCUT2D eigenvalue weighted by Gasteiger charge is -2.16. The highest BCUT2D eigenvalue weighted by molar-refractivity contribution is 6.35. The molecule has 2 aromatic rings. The van der Waals surface area contributed by atoms with Crippen molar-refractivity contribution < 1.29 is 52.5 Å². The summed E-state index contributed by atoms with van der Waals surface area (Å²) in [7, 11) is 4.75. The van der Waals surface area contributed by atoms with E-state index in [1.165, 1.54) is 45.6 Å². The van der Waals surface area contributed by atoms with Crippen LogP contribution in [0.5, 0.6) is 0 Å². The molecular weight excluding hydrogens is 604 g/mol. The molecule has 1 aromatic carbocycles. The van der Waals surface area contributed by atoms with Crippen molar-refractivity contribution in [2.45, 2.75) is 51.6 Å². The maximum atomic E-state index is 13.3. The Morgan fingerprint density at radius 1 is 0.804 bits per heavy atom. The number of aryl methyl sites for hydroxylation is 1. The van der Waals surface area contributed by atoms with Crippen LogP contribution in [0.3, 0.4) is 0 Å². The Kier molecular flexibility index (Phi) is 11.8. The molecule has 0 radical (unpaired) electrons. The van der Waals surface area contributed by atoms with Gasteiger partial charge >= 0.3 is 23.9 Å². The molecule has 1 aliphatic rings. The molecule has 0 fully saturated rings. The van der Waals surface area contributed by atoms with Crippen LogP contribution in [0.25, 0.3) is 11.6 Å². The number of hydrogen-bond acceptors (Lipinski definition) is 11. The molecule has 1 aliphatic heterocycles. The Labute approximate surface area is 264 Å². The highest BCUT2D eigenvalue weighted by Crippen LogP contribution is 2.35. The van der Waals surface area contributed by atoms with Gasteiger partial charge in [-0.3, -0.25) is 24.0 Å². The zero-order valence-electron chi connectivity index (χ0n) is 26.3. The summed E-state index contributed by atoms with van der Waals surface area (Å²) in [5.74, 6) is -4.27. The zero-order valence-corrected chi connectivity index (χ0v) is 26.3. The number of amides is 3. The molecule has 1 aromatic heterocycles. The van der Waals surface area contributed by atoms with Crippen LogP contribution in [0.1, 0.15) is 68.9 Å². The Hall–Kier alpha value is -5.47. The highest BCUT2D eigenvalue weighted by Gasteiger charge is 2.30. The summed E-state index contributed by atoms with van der Waals surface area (Å²) in [6.45, 7) is 3.31. The fraction of sp³-hybridized carbons (Fsp3) is 0.387. The fourth-order valence-electron chi connectivity index (χ4n) is 4.86. The van der Waals surface area contributed by atoms with E-state index < -0.39 is 53.7 Å². The average Bonchev–Trinajstić information content (AvgIpc) is 3.52. The van der Waals surface area contributed by atoms with Gasteiger partial charge in [0.2, 0.25) is 0 Å². The number of carbonyl (C=O) groups is 7. The molecule has 0 aliphatic carbocycles. The number of hydrogen-bond donors (Lipinski definition) is 4. The van der Waals surface area contributed by atoms with E-state index in [2.05, 4.69) is 30.4 Å². The second-order valence-electron chi connectivity index (χ2n) is 10.3. The van der Waals surface area contributed by atoms with Crippen LogP contribution in [-0.4, -0.2) is 87.1 Å². The number of nitrogens with one attached hydrogen (secondary N) is 4. The minimum atomic E-state index is -1.12. The summed E-state index contributed by atoms with van der Waals surface area (Å²) < 4.78 is 18.7. The van der Waals surface area contributed by atoms with Crippen LogP contribution in [0, 0.1) is 13.8 Å². The molecule has 2 atom stereocenters. The fourth-order valence-corrected chi connectivity index (χ4v) is 4.86. The highest BCUT2D eigenvalue weighted by atomic mass is 16.5. The van der Waals surface area contributed by atoms with Gasteiger partial charge in [-0.15, -0.1) is 0 Å². The van der Waals surface area contributed by atoms with Gasteiger partial charge in [0, 0.05) is 41.0 Å². The van der Waals surface area contributed by atoms with Crippen LogP contribution in [0.4, 0.5) is 5.69 Å².